The van der Waals surface area contributed by atoms with E-state index in [0.717, 1.165) is 31.6 Å². The molecule has 4 heteroatoms. The Hall–Kier alpha value is -0.0900. The Morgan fingerprint density at radius 3 is 2.33 bits per heavy atom. The highest BCUT2D eigenvalue weighted by Crippen LogP contribution is 2.36. The summed E-state index contributed by atoms with van der Waals surface area (Å²) in [6.45, 7) is 3.89. The molecule has 0 aromatic rings. The van der Waals surface area contributed by atoms with Gasteiger partial charge in [0.2, 0.25) is 0 Å². The third kappa shape index (κ3) is 5.27. The predicted octanol–water partition coefficient (Wildman–Crippen LogP) is 2.92. The van der Waals surface area contributed by atoms with Crippen molar-refractivity contribution in [3.05, 3.63) is 0 Å². The molecule has 1 N–H and O–H groups in total. The normalized spacial score (nSPS) is 29.4. The van der Waals surface area contributed by atoms with E-state index in [2.05, 4.69) is 6.92 Å². The molecule has 0 aromatic heterocycles. The van der Waals surface area contributed by atoms with E-state index < -0.39 is 15.4 Å². The molecule has 0 aromatic carbocycles. The van der Waals surface area contributed by atoms with Gasteiger partial charge >= 0.3 is 0 Å². The molecule has 18 heavy (non-hydrogen) atoms. The first-order valence-electron chi connectivity index (χ1n) is 7.33. The molecule has 1 saturated carbocycles. The van der Waals surface area contributed by atoms with Crippen LogP contribution in [-0.4, -0.2) is 30.6 Å². The second-order valence-electron chi connectivity index (χ2n) is 5.80. The van der Waals surface area contributed by atoms with Gasteiger partial charge in [-0.3, -0.25) is 0 Å². The maximum atomic E-state index is 11.4. The molecule has 108 valence electrons. The molecule has 3 nitrogen and oxygen atoms in total. The Balaban J connectivity index is 2.30. The predicted molar refractivity (Wildman–Crippen MR) is 75.4 cm³/mol. The van der Waals surface area contributed by atoms with E-state index in [1.807, 2.05) is 0 Å². The van der Waals surface area contributed by atoms with Crippen LogP contribution in [0.2, 0.25) is 0 Å². The molecule has 1 aliphatic carbocycles. The minimum absolute atomic E-state index is 0.212. The standard InChI is InChI=1S/C14H28O3S/c1-3-6-13-7-10-14(15,11-8-13)9-5-12-18(16,17)4-2/h13,15H,3-12H2,1-2H3. The van der Waals surface area contributed by atoms with Crippen LogP contribution in [0.25, 0.3) is 0 Å². The summed E-state index contributed by atoms with van der Waals surface area (Å²) in [6.07, 6.45) is 7.64. The smallest absolute Gasteiger partial charge is 0.150 e. The van der Waals surface area contributed by atoms with Gasteiger partial charge in [-0.15, -0.1) is 0 Å². The van der Waals surface area contributed by atoms with Gasteiger partial charge in [-0.25, -0.2) is 8.42 Å². The van der Waals surface area contributed by atoms with Gasteiger partial charge in [-0.2, -0.15) is 0 Å². The molecule has 0 atom stereocenters. The first-order valence-corrected chi connectivity index (χ1v) is 9.16. The average molecular weight is 276 g/mol. The van der Waals surface area contributed by atoms with Gasteiger partial charge in [0.1, 0.15) is 9.84 Å². The summed E-state index contributed by atoms with van der Waals surface area (Å²) in [5, 5.41) is 10.4. The highest BCUT2D eigenvalue weighted by atomic mass is 32.2. The van der Waals surface area contributed by atoms with Crippen LogP contribution >= 0.6 is 0 Å². The highest BCUT2D eigenvalue weighted by Gasteiger charge is 2.32. The molecule has 0 unspecified atom stereocenters. The van der Waals surface area contributed by atoms with Crippen molar-refractivity contribution in [2.75, 3.05) is 11.5 Å². The molecule has 0 saturated heterocycles. The third-order valence-corrected chi connectivity index (χ3v) is 6.06. The summed E-state index contributed by atoms with van der Waals surface area (Å²) < 4.78 is 22.8. The molecule has 0 spiro atoms. The number of sulfone groups is 1. The maximum absolute atomic E-state index is 11.4. The van der Waals surface area contributed by atoms with Crippen molar-refractivity contribution < 1.29 is 13.5 Å². The number of hydrogen-bond donors (Lipinski definition) is 1. The second kappa shape index (κ2) is 6.90. The third-order valence-electron chi connectivity index (χ3n) is 4.27. The Morgan fingerprint density at radius 1 is 1.22 bits per heavy atom. The lowest BCUT2D eigenvalue weighted by molar-refractivity contribution is -0.0178. The van der Waals surface area contributed by atoms with Gasteiger partial charge in [0, 0.05) is 5.75 Å². The van der Waals surface area contributed by atoms with Crippen molar-refractivity contribution >= 4 is 9.84 Å². The van der Waals surface area contributed by atoms with Crippen LogP contribution in [0.4, 0.5) is 0 Å². The zero-order chi connectivity index (χ0) is 13.6. The fourth-order valence-corrected chi connectivity index (χ4v) is 3.80. The van der Waals surface area contributed by atoms with Crippen molar-refractivity contribution in [3.8, 4) is 0 Å². The topological polar surface area (TPSA) is 54.4 Å². The van der Waals surface area contributed by atoms with Crippen LogP contribution in [-0.2, 0) is 9.84 Å². The quantitative estimate of drug-likeness (QED) is 0.778. The molecule has 1 aliphatic rings. The summed E-state index contributed by atoms with van der Waals surface area (Å²) in [5.74, 6) is 1.21. The zero-order valence-electron chi connectivity index (χ0n) is 11.8. The molecule has 0 bridgehead atoms. The van der Waals surface area contributed by atoms with E-state index in [-0.39, 0.29) is 11.5 Å². The van der Waals surface area contributed by atoms with E-state index in [9.17, 15) is 13.5 Å². The molecule has 1 rings (SSSR count). The van der Waals surface area contributed by atoms with Crippen molar-refractivity contribution in [3.63, 3.8) is 0 Å². The van der Waals surface area contributed by atoms with Crippen molar-refractivity contribution in [1.29, 1.82) is 0 Å². The second-order valence-corrected chi connectivity index (χ2v) is 8.27. The lowest BCUT2D eigenvalue weighted by atomic mass is 9.75. The minimum Gasteiger partial charge on any atom is -0.390 e. The summed E-state index contributed by atoms with van der Waals surface area (Å²) in [6, 6.07) is 0. The first kappa shape index (κ1) is 16.0. The summed E-state index contributed by atoms with van der Waals surface area (Å²) in [4.78, 5) is 0. The van der Waals surface area contributed by atoms with Gasteiger partial charge in [-0.05, 0) is 44.4 Å². The fraction of sp³-hybridized carbons (Fsp3) is 1.00. The molecule has 0 heterocycles. The Bertz CT molecular complexity index is 327. The monoisotopic (exact) mass is 276 g/mol. The van der Waals surface area contributed by atoms with E-state index in [0.29, 0.717) is 12.8 Å². The Morgan fingerprint density at radius 2 is 1.83 bits per heavy atom. The zero-order valence-corrected chi connectivity index (χ0v) is 12.6. The van der Waals surface area contributed by atoms with E-state index in [1.54, 1.807) is 6.92 Å². The Labute approximate surface area is 112 Å². The number of hydrogen-bond acceptors (Lipinski definition) is 3. The molecular weight excluding hydrogens is 248 g/mol. The maximum Gasteiger partial charge on any atom is 0.150 e. The lowest BCUT2D eigenvalue weighted by Crippen LogP contribution is -2.34. The summed E-state index contributed by atoms with van der Waals surface area (Å²) >= 11 is 0. The van der Waals surface area contributed by atoms with E-state index >= 15 is 0 Å². The average Bonchev–Trinajstić information content (AvgIpc) is 2.32. The van der Waals surface area contributed by atoms with E-state index in [4.69, 9.17) is 0 Å². The van der Waals surface area contributed by atoms with Crippen LogP contribution in [0.15, 0.2) is 0 Å². The molecule has 0 aliphatic heterocycles. The van der Waals surface area contributed by atoms with Crippen LogP contribution in [0.1, 0.15) is 65.2 Å². The highest BCUT2D eigenvalue weighted by molar-refractivity contribution is 7.91. The molecule has 1 fully saturated rings. The number of aliphatic hydroxyl groups is 1. The van der Waals surface area contributed by atoms with Crippen LogP contribution in [0.3, 0.4) is 0 Å². The fourth-order valence-electron chi connectivity index (χ4n) is 2.93. The van der Waals surface area contributed by atoms with Crippen molar-refractivity contribution in [1.82, 2.24) is 0 Å². The van der Waals surface area contributed by atoms with Crippen LogP contribution in [0.5, 0.6) is 0 Å². The SMILES string of the molecule is CCCC1CCC(O)(CCCS(=O)(=O)CC)CC1. The Kier molecular flexibility index (Phi) is 6.12. The van der Waals surface area contributed by atoms with Crippen LogP contribution < -0.4 is 0 Å². The van der Waals surface area contributed by atoms with Crippen molar-refractivity contribution in [2.24, 2.45) is 5.92 Å². The molecule has 0 radical (unpaired) electrons. The van der Waals surface area contributed by atoms with Gasteiger partial charge in [-0.1, -0.05) is 26.7 Å². The van der Waals surface area contributed by atoms with Gasteiger partial charge < -0.3 is 5.11 Å². The van der Waals surface area contributed by atoms with E-state index in [1.165, 1.54) is 12.8 Å². The van der Waals surface area contributed by atoms with Gasteiger partial charge in [0.15, 0.2) is 0 Å². The van der Waals surface area contributed by atoms with Gasteiger partial charge in [0.25, 0.3) is 0 Å². The first-order chi connectivity index (χ1) is 8.41. The summed E-state index contributed by atoms with van der Waals surface area (Å²) in [7, 11) is -2.88. The molecular formula is C14H28O3S. The molecule has 0 amide bonds. The lowest BCUT2D eigenvalue weighted by Gasteiger charge is -2.36. The van der Waals surface area contributed by atoms with Crippen molar-refractivity contribution in [2.45, 2.75) is 70.8 Å². The van der Waals surface area contributed by atoms with Crippen LogP contribution in [0, 0.1) is 5.92 Å². The van der Waals surface area contributed by atoms with Gasteiger partial charge in [0.05, 0.1) is 11.4 Å². The summed E-state index contributed by atoms with van der Waals surface area (Å²) in [5.41, 5.74) is -0.590. The minimum atomic E-state index is -2.88. The number of rotatable bonds is 7. The largest absolute Gasteiger partial charge is 0.390 e.